The van der Waals surface area contributed by atoms with Gasteiger partial charge >= 0.3 is 0 Å². The molecule has 0 unspecified atom stereocenters. The van der Waals surface area contributed by atoms with Crippen molar-refractivity contribution in [2.45, 2.75) is 77.3 Å². The number of aromatic nitrogens is 2. The summed E-state index contributed by atoms with van der Waals surface area (Å²) in [5, 5.41) is 25.1. The molecule has 4 heterocycles. The molecule has 3 atom stereocenters. The zero-order chi connectivity index (χ0) is 42.0. The highest BCUT2D eigenvalue weighted by atomic mass is 19.1. The molecule has 2 aromatic heterocycles. The topological polar surface area (TPSA) is 219 Å². The number of aliphatic hydroxyl groups is 1. The van der Waals surface area contributed by atoms with Crippen LogP contribution in [0.25, 0.3) is 22.3 Å². The quantitative estimate of drug-likeness (QED) is 0.0695. The first-order valence-electron chi connectivity index (χ1n) is 19.5. The lowest BCUT2D eigenvalue weighted by Gasteiger charge is -2.33. The monoisotopic (exact) mass is 811 g/mol. The van der Waals surface area contributed by atoms with Crippen molar-refractivity contribution in [2.75, 3.05) is 33.0 Å². The average Bonchev–Trinajstić information content (AvgIpc) is 3.59. The van der Waals surface area contributed by atoms with E-state index >= 15 is 4.39 Å². The number of fused-ring (bicyclic) bond motifs is 5. The van der Waals surface area contributed by atoms with Crippen LogP contribution in [0.3, 0.4) is 0 Å². The van der Waals surface area contributed by atoms with Crippen molar-refractivity contribution in [2.24, 2.45) is 0 Å². The molecule has 0 saturated carbocycles. The standard InChI is InChI=1S/C42H46FN7O9/c1-4-42(57)20-58-18-27-28(42)13-33-39-26(17-50(33)41(27)56)38-30(11-10-25-22(2)29(43)14-31(49-39)37(25)38)47-36(54)19-59-21-46-34(52)15-45-40(55)32(12-24-8-6-5-7-9-24)48-35(53)16-44-23(3)51/h5-9,13-14,30,32,57H,4,10-12,15-21H2,1-3H3,(H,44,51)(H,45,55)(H,46,52)(H,47,54)(H,48,53)/t30-,32-,42+/m0/s1. The van der Waals surface area contributed by atoms with Gasteiger partial charge in [-0.3, -0.25) is 28.8 Å². The number of halogens is 1. The van der Waals surface area contributed by atoms with E-state index < -0.39 is 66.2 Å². The average molecular weight is 812 g/mol. The Morgan fingerprint density at radius 1 is 1.03 bits per heavy atom. The molecular weight excluding hydrogens is 765 g/mol. The molecule has 59 heavy (non-hydrogen) atoms. The van der Waals surface area contributed by atoms with Crippen LogP contribution in [-0.2, 0) is 65.0 Å². The summed E-state index contributed by atoms with van der Waals surface area (Å²) >= 11 is 0. The van der Waals surface area contributed by atoms with Gasteiger partial charge in [-0.25, -0.2) is 9.37 Å². The number of rotatable bonds is 14. The number of pyridine rings is 2. The lowest BCUT2D eigenvalue weighted by Crippen LogP contribution is -2.52. The SMILES string of the molecule is CC[C@@]1(O)COCc2c1cc1n(c2=O)Cc2c-1nc1cc(F)c(C)c3c1c2[C@@H](NC(=O)COCNC(=O)CNC(=O)[C@H](Cc1ccccc1)NC(=O)CNC(C)=O)CC3. The molecule has 0 radical (unpaired) electrons. The van der Waals surface area contributed by atoms with Crippen molar-refractivity contribution in [3.8, 4) is 11.4 Å². The third-order valence-electron chi connectivity index (χ3n) is 11.2. The number of carbonyl (C=O) groups excluding carboxylic acids is 5. The predicted molar refractivity (Wildman–Crippen MR) is 211 cm³/mol. The van der Waals surface area contributed by atoms with Gasteiger partial charge in [0.2, 0.25) is 29.5 Å². The number of nitrogens with one attached hydrogen (secondary N) is 5. The van der Waals surface area contributed by atoms with E-state index in [9.17, 15) is 33.9 Å². The second-order valence-electron chi connectivity index (χ2n) is 15.1. The van der Waals surface area contributed by atoms with E-state index in [2.05, 4.69) is 26.6 Å². The van der Waals surface area contributed by atoms with E-state index in [0.29, 0.717) is 52.9 Å². The Morgan fingerprint density at radius 2 is 1.80 bits per heavy atom. The molecule has 16 nitrogen and oxygen atoms in total. The van der Waals surface area contributed by atoms with Crippen LogP contribution < -0.4 is 32.1 Å². The minimum atomic E-state index is -1.35. The summed E-state index contributed by atoms with van der Waals surface area (Å²) in [5.41, 5.74) is 4.12. The van der Waals surface area contributed by atoms with Gasteiger partial charge in [-0.05, 0) is 60.1 Å². The van der Waals surface area contributed by atoms with Crippen LogP contribution >= 0.6 is 0 Å². The number of benzene rings is 2. The van der Waals surface area contributed by atoms with Crippen molar-refractivity contribution in [3.05, 3.63) is 97.6 Å². The van der Waals surface area contributed by atoms with E-state index in [-0.39, 0.29) is 45.0 Å². The molecule has 0 saturated heterocycles. The van der Waals surface area contributed by atoms with Gasteiger partial charge in [-0.15, -0.1) is 0 Å². The van der Waals surface area contributed by atoms with Crippen molar-refractivity contribution in [3.63, 3.8) is 0 Å². The molecule has 310 valence electrons. The number of ether oxygens (including phenoxy) is 2. The molecule has 5 amide bonds. The summed E-state index contributed by atoms with van der Waals surface area (Å²) in [6.45, 7) is 3.55. The zero-order valence-electron chi connectivity index (χ0n) is 33.0. The van der Waals surface area contributed by atoms with E-state index in [1.54, 1.807) is 41.8 Å². The summed E-state index contributed by atoms with van der Waals surface area (Å²) in [7, 11) is 0. The Bertz CT molecular complexity index is 2420. The normalized spacial score (nSPS) is 17.9. The van der Waals surface area contributed by atoms with Crippen LogP contribution in [0, 0.1) is 12.7 Å². The van der Waals surface area contributed by atoms with Crippen molar-refractivity contribution < 1.29 is 42.9 Å². The highest BCUT2D eigenvalue weighted by Gasteiger charge is 2.40. The van der Waals surface area contributed by atoms with Crippen molar-refractivity contribution in [1.29, 1.82) is 0 Å². The number of hydrogen-bond donors (Lipinski definition) is 6. The van der Waals surface area contributed by atoms with Crippen LogP contribution in [0.4, 0.5) is 4.39 Å². The predicted octanol–water partition coefficient (Wildman–Crippen LogP) is 1.17. The third kappa shape index (κ3) is 8.44. The van der Waals surface area contributed by atoms with Crippen LogP contribution in [0.2, 0.25) is 0 Å². The fourth-order valence-electron chi connectivity index (χ4n) is 8.11. The maximum absolute atomic E-state index is 15.3. The fraction of sp³-hybridized carbons (Fsp3) is 0.405. The van der Waals surface area contributed by atoms with Crippen LogP contribution in [-0.4, -0.2) is 83.3 Å². The number of aryl methyl sites for hydroxylation is 1. The highest BCUT2D eigenvalue weighted by molar-refractivity contribution is 5.94. The summed E-state index contributed by atoms with van der Waals surface area (Å²) in [5.74, 6) is -3.09. The maximum atomic E-state index is 15.3. The van der Waals surface area contributed by atoms with Crippen LogP contribution in [0.15, 0.2) is 47.3 Å². The number of carbonyl (C=O) groups is 5. The number of amides is 5. The molecule has 17 heteroatoms. The molecule has 0 fully saturated rings. The van der Waals surface area contributed by atoms with Gasteiger partial charge in [0.25, 0.3) is 5.56 Å². The minimum Gasteiger partial charge on any atom is -0.383 e. The fourth-order valence-corrected chi connectivity index (χ4v) is 8.11. The minimum absolute atomic E-state index is 0.0481. The summed E-state index contributed by atoms with van der Waals surface area (Å²) < 4.78 is 28.0. The Hall–Kier alpha value is -6.04. The first-order chi connectivity index (χ1) is 28.3. The lowest BCUT2D eigenvalue weighted by molar-refractivity contribution is -0.131. The smallest absolute Gasteiger partial charge is 0.257 e. The first-order valence-corrected chi connectivity index (χ1v) is 19.5. The summed E-state index contributed by atoms with van der Waals surface area (Å²) in [4.78, 5) is 81.4. The lowest BCUT2D eigenvalue weighted by atomic mass is 9.81. The molecule has 0 spiro atoms. The van der Waals surface area contributed by atoms with Gasteiger partial charge in [0.15, 0.2) is 0 Å². The molecular formula is C42H46FN7O9. The van der Waals surface area contributed by atoms with Gasteiger partial charge in [0.05, 0.1) is 55.8 Å². The van der Waals surface area contributed by atoms with Gasteiger partial charge in [-0.2, -0.15) is 0 Å². The van der Waals surface area contributed by atoms with E-state index in [1.165, 1.54) is 13.0 Å². The van der Waals surface area contributed by atoms with Gasteiger partial charge in [0.1, 0.15) is 30.8 Å². The van der Waals surface area contributed by atoms with Crippen LogP contribution in [0.1, 0.15) is 71.7 Å². The first kappa shape index (κ1) is 41.1. The van der Waals surface area contributed by atoms with Crippen LogP contribution in [0.5, 0.6) is 0 Å². The molecule has 6 N–H and O–H groups in total. The largest absolute Gasteiger partial charge is 0.383 e. The molecule has 2 aromatic carbocycles. The highest BCUT2D eigenvalue weighted by Crippen LogP contribution is 2.45. The third-order valence-corrected chi connectivity index (χ3v) is 11.2. The summed E-state index contributed by atoms with van der Waals surface area (Å²) in [6, 6.07) is 10.6. The Morgan fingerprint density at radius 3 is 2.54 bits per heavy atom. The molecule has 3 aliphatic rings. The molecule has 2 aliphatic heterocycles. The number of nitrogens with zero attached hydrogens (tertiary/aromatic N) is 2. The molecule has 0 bridgehead atoms. The molecule has 1 aliphatic carbocycles. The Labute approximate surface area is 338 Å². The van der Waals surface area contributed by atoms with Crippen molar-refractivity contribution in [1.82, 2.24) is 36.1 Å². The second-order valence-corrected chi connectivity index (χ2v) is 15.1. The molecule has 7 rings (SSSR count). The second kappa shape index (κ2) is 17.1. The van der Waals surface area contributed by atoms with Gasteiger partial charge in [0, 0.05) is 35.9 Å². The summed E-state index contributed by atoms with van der Waals surface area (Å²) in [6.07, 6.45) is 1.38. The van der Waals surface area contributed by atoms with Gasteiger partial charge in [-0.1, -0.05) is 37.3 Å². The Balaban J connectivity index is 0.998. The van der Waals surface area contributed by atoms with Gasteiger partial charge < -0.3 is 45.7 Å². The Kier molecular flexibility index (Phi) is 11.9. The maximum Gasteiger partial charge on any atom is 0.257 e. The van der Waals surface area contributed by atoms with Crippen molar-refractivity contribution >= 4 is 40.4 Å². The number of hydrogen-bond acceptors (Lipinski definition) is 10. The zero-order valence-corrected chi connectivity index (χ0v) is 33.0. The van der Waals surface area contributed by atoms with E-state index in [1.807, 2.05) is 13.0 Å². The molecule has 4 aromatic rings. The van der Waals surface area contributed by atoms with E-state index in [0.717, 1.165) is 27.6 Å². The van der Waals surface area contributed by atoms with E-state index in [4.69, 9.17) is 14.5 Å².